The van der Waals surface area contributed by atoms with E-state index in [0.717, 1.165) is 11.3 Å². The monoisotopic (exact) mass is 386 g/mol. The van der Waals surface area contributed by atoms with Crippen LogP contribution < -0.4 is 16.4 Å². The molecule has 0 aliphatic heterocycles. The summed E-state index contributed by atoms with van der Waals surface area (Å²) in [7, 11) is 0. The Morgan fingerprint density at radius 2 is 1.63 bits per heavy atom. The Morgan fingerprint density at radius 3 is 2.15 bits per heavy atom. The van der Waals surface area contributed by atoms with Crippen LogP contribution in [0.15, 0.2) is 35.4 Å². The first-order chi connectivity index (χ1) is 12.7. The Morgan fingerprint density at radius 1 is 1.07 bits per heavy atom. The number of pyridine rings is 1. The van der Waals surface area contributed by atoms with E-state index < -0.39 is 11.2 Å². The number of carbonyl (C=O) groups is 3. The van der Waals surface area contributed by atoms with Gasteiger partial charge in [-0.05, 0) is 56.7 Å². The minimum absolute atomic E-state index is 0.164. The van der Waals surface area contributed by atoms with Crippen LogP contribution in [-0.2, 0) is 9.59 Å². The van der Waals surface area contributed by atoms with Gasteiger partial charge in [-0.3, -0.25) is 14.4 Å². The molecular formula is C19H22N4O3S. The van der Waals surface area contributed by atoms with Crippen molar-refractivity contribution in [1.29, 1.82) is 0 Å². The summed E-state index contributed by atoms with van der Waals surface area (Å²) in [5, 5.41) is 5.42. The first-order valence-corrected chi connectivity index (χ1v) is 9.18. The van der Waals surface area contributed by atoms with Crippen molar-refractivity contribution in [3.8, 4) is 0 Å². The van der Waals surface area contributed by atoms with Gasteiger partial charge >= 0.3 is 0 Å². The Hall–Kier alpha value is -2.87. The molecule has 0 fully saturated rings. The number of nitrogens with zero attached hydrogens (tertiary/aromatic N) is 1. The van der Waals surface area contributed by atoms with Crippen molar-refractivity contribution in [1.82, 2.24) is 4.98 Å². The molecule has 0 saturated heterocycles. The second-order valence-electron chi connectivity index (χ2n) is 6.13. The number of thioether (sulfide) groups is 1. The zero-order valence-electron chi connectivity index (χ0n) is 15.6. The fraction of sp³-hybridized carbons (Fsp3) is 0.263. The number of carbonyl (C=O) groups excluding carboxylic acids is 3. The number of anilines is 2. The third-order valence-electron chi connectivity index (χ3n) is 3.69. The van der Waals surface area contributed by atoms with Gasteiger partial charge in [0, 0.05) is 24.0 Å². The molecular weight excluding hydrogens is 364 g/mol. The third-order valence-corrected chi connectivity index (χ3v) is 4.77. The number of benzene rings is 1. The molecule has 0 aliphatic carbocycles. The number of nitrogens with one attached hydrogen (secondary N) is 2. The largest absolute Gasteiger partial charge is 0.366 e. The smallest absolute Gasteiger partial charge is 0.251 e. The van der Waals surface area contributed by atoms with Crippen molar-refractivity contribution >= 4 is 40.9 Å². The van der Waals surface area contributed by atoms with E-state index in [9.17, 15) is 14.4 Å². The second kappa shape index (κ2) is 8.68. The number of primary amides is 1. The first kappa shape index (κ1) is 20.4. The molecule has 4 N–H and O–H groups in total. The van der Waals surface area contributed by atoms with Gasteiger partial charge in [-0.1, -0.05) is 11.8 Å². The molecule has 1 aromatic heterocycles. The van der Waals surface area contributed by atoms with Gasteiger partial charge in [0.05, 0.1) is 10.8 Å². The summed E-state index contributed by atoms with van der Waals surface area (Å²) in [6, 6.07) is 8.58. The summed E-state index contributed by atoms with van der Waals surface area (Å²) in [6.45, 7) is 6.77. The first-order valence-electron chi connectivity index (χ1n) is 8.30. The van der Waals surface area contributed by atoms with Crippen LogP contribution in [0.2, 0.25) is 0 Å². The molecule has 8 heteroatoms. The number of nitrogens with two attached hydrogens (primary N) is 1. The molecule has 2 aromatic rings. The van der Waals surface area contributed by atoms with Gasteiger partial charge in [-0.2, -0.15) is 0 Å². The van der Waals surface area contributed by atoms with E-state index in [1.165, 1.54) is 18.7 Å². The lowest BCUT2D eigenvalue weighted by molar-refractivity contribution is -0.115. The number of aryl methyl sites for hydroxylation is 2. The number of aromatic nitrogens is 1. The minimum Gasteiger partial charge on any atom is -0.366 e. The van der Waals surface area contributed by atoms with E-state index in [0.29, 0.717) is 22.0 Å². The Kier molecular flexibility index (Phi) is 6.57. The van der Waals surface area contributed by atoms with E-state index in [1.807, 2.05) is 6.92 Å². The summed E-state index contributed by atoms with van der Waals surface area (Å²) in [4.78, 5) is 39.6. The number of rotatable bonds is 6. The van der Waals surface area contributed by atoms with Crippen molar-refractivity contribution in [3.05, 3.63) is 47.2 Å². The van der Waals surface area contributed by atoms with Crippen LogP contribution in [0, 0.1) is 13.8 Å². The van der Waals surface area contributed by atoms with Gasteiger partial charge in [-0.25, -0.2) is 4.98 Å². The number of amides is 3. The van der Waals surface area contributed by atoms with Crippen LogP contribution in [0.5, 0.6) is 0 Å². The second-order valence-corrected chi connectivity index (χ2v) is 7.46. The average Bonchev–Trinajstić information content (AvgIpc) is 2.55. The quantitative estimate of drug-likeness (QED) is 0.661. The summed E-state index contributed by atoms with van der Waals surface area (Å²) in [5.74, 6) is -0.963. The highest BCUT2D eigenvalue weighted by atomic mass is 32.2. The normalized spacial score (nSPS) is 11.6. The predicted octanol–water partition coefficient (Wildman–Crippen LogP) is 2.88. The summed E-state index contributed by atoms with van der Waals surface area (Å²) in [5.41, 5.74) is 8.54. The molecule has 0 aliphatic rings. The fourth-order valence-corrected chi connectivity index (χ4v) is 3.57. The highest BCUT2D eigenvalue weighted by Gasteiger charge is 2.21. The van der Waals surface area contributed by atoms with E-state index in [-0.39, 0.29) is 11.8 Å². The summed E-state index contributed by atoms with van der Waals surface area (Å²) in [6.07, 6.45) is 0. The highest BCUT2D eigenvalue weighted by Crippen LogP contribution is 2.28. The SMILES string of the molecule is CC(=O)Nc1ccc(NC(=O)[C@@H](C)Sc2nc(C)cc(C)c2C(N)=O)cc1. The predicted molar refractivity (Wildman–Crippen MR) is 107 cm³/mol. The van der Waals surface area contributed by atoms with Crippen LogP contribution in [0.1, 0.15) is 35.5 Å². The molecule has 0 saturated carbocycles. The molecule has 142 valence electrons. The molecule has 0 radical (unpaired) electrons. The number of hydrogen-bond donors (Lipinski definition) is 3. The van der Waals surface area contributed by atoms with Crippen LogP contribution in [0.3, 0.4) is 0 Å². The molecule has 1 aromatic carbocycles. The van der Waals surface area contributed by atoms with Crippen LogP contribution in [0.4, 0.5) is 11.4 Å². The lowest BCUT2D eigenvalue weighted by atomic mass is 10.1. The van der Waals surface area contributed by atoms with Crippen molar-refractivity contribution in [3.63, 3.8) is 0 Å². The molecule has 1 heterocycles. The van der Waals surface area contributed by atoms with Crippen LogP contribution in [0.25, 0.3) is 0 Å². The van der Waals surface area contributed by atoms with Crippen molar-refractivity contribution in [2.45, 2.75) is 38.0 Å². The minimum atomic E-state index is -0.566. The molecule has 0 unspecified atom stereocenters. The fourth-order valence-electron chi connectivity index (χ4n) is 2.49. The lowest BCUT2D eigenvalue weighted by Gasteiger charge is -2.15. The Balaban J connectivity index is 2.10. The van der Waals surface area contributed by atoms with Crippen molar-refractivity contribution < 1.29 is 14.4 Å². The molecule has 27 heavy (non-hydrogen) atoms. The Labute approximate surface area is 162 Å². The lowest BCUT2D eigenvalue weighted by Crippen LogP contribution is -2.23. The van der Waals surface area contributed by atoms with Crippen LogP contribution >= 0.6 is 11.8 Å². The topological polar surface area (TPSA) is 114 Å². The van der Waals surface area contributed by atoms with Gasteiger partial charge in [0.1, 0.15) is 5.03 Å². The number of hydrogen-bond acceptors (Lipinski definition) is 5. The van der Waals surface area contributed by atoms with Gasteiger partial charge in [0.25, 0.3) is 5.91 Å². The van der Waals surface area contributed by atoms with Crippen molar-refractivity contribution in [2.24, 2.45) is 5.73 Å². The van der Waals surface area contributed by atoms with E-state index in [1.54, 1.807) is 44.2 Å². The van der Waals surface area contributed by atoms with E-state index in [2.05, 4.69) is 15.6 Å². The zero-order chi connectivity index (χ0) is 20.1. The standard InChI is InChI=1S/C19H22N4O3S/c1-10-9-11(2)21-19(16(10)17(20)25)27-12(3)18(26)23-15-7-5-14(6-8-15)22-13(4)24/h5-9,12H,1-4H3,(H2,20,25)(H,22,24)(H,23,26)/t12-/m1/s1. The van der Waals surface area contributed by atoms with Gasteiger partial charge in [0.15, 0.2) is 0 Å². The zero-order valence-corrected chi connectivity index (χ0v) is 16.4. The maximum Gasteiger partial charge on any atom is 0.251 e. The Bertz CT molecular complexity index is 881. The molecule has 3 amide bonds. The van der Waals surface area contributed by atoms with Crippen LogP contribution in [-0.4, -0.2) is 28.0 Å². The van der Waals surface area contributed by atoms with Gasteiger partial charge in [0.2, 0.25) is 11.8 Å². The average molecular weight is 386 g/mol. The third kappa shape index (κ3) is 5.55. The molecule has 0 spiro atoms. The molecule has 1 atom stereocenters. The summed E-state index contributed by atoms with van der Waals surface area (Å²) >= 11 is 1.18. The van der Waals surface area contributed by atoms with E-state index in [4.69, 9.17) is 5.73 Å². The summed E-state index contributed by atoms with van der Waals surface area (Å²) < 4.78 is 0. The highest BCUT2D eigenvalue weighted by molar-refractivity contribution is 8.00. The van der Waals surface area contributed by atoms with Gasteiger partial charge < -0.3 is 16.4 Å². The van der Waals surface area contributed by atoms with E-state index >= 15 is 0 Å². The molecule has 7 nitrogen and oxygen atoms in total. The maximum absolute atomic E-state index is 12.5. The maximum atomic E-state index is 12.5. The van der Waals surface area contributed by atoms with Crippen molar-refractivity contribution in [2.75, 3.05) is 10.6 Å². The molecule has 0 bridgehead atoms. The van der Waals surface area contributed by atoms with Gasteiger partial charge in [-0.15, -0.1) is 0 Å². The molecule has 2 rings (SSSR count).